The third-order valence-electron chi connectivity index (χ3n) is 4.26. The molecular formula is C13H18N4O3. The Morgan fingerprint density at radius 2 is 2.40 bits per heavy atom. The highest BCUT2D eigenvalue weighted by Crippen LogP contribution is 2.38. The van der Waals surface area contributed by atoms with Gasteiger partial charge in [-0.25, -0.2) is 4.98 Å². The molecule has 1 saturated heterocycles. The second-order valence-corrected chi connectivity index (χ2v) is 5.51. The van der Waals surface area contributed by atoms with Crippen LogP contribution in [0.1, 0.15) is 18.4 Å². The normalized spacial score (nSPS) is 32.1. The zero-order chi connectivity index (χ0) is 14.3. The molecule has 1 aromatic rings. The van der Waals surface area contributed by atoms with Crippen LogP contribution in [0, 0.1) is 23.0 Å². The number of nitrogens with zero attached hydrogens (tertiary/aromatic N) is 2. The molecule has 3 rings (SSSR count). The van der Waals surface area contributed by atoms with E-state index >= 15 is 0 Å². The van der Waals surface area contributed by atoms with E-state index in [1.54, 1.807) is 6.92 Å². The summed E-state index contributed by atoms with van der Waals surface area (Å²) in [7, 11) is 0. The van der Waals surface area contributed by atoms with Gasteiger partial charge in [-0.1, -0.05) is 0 Å². The van der Waals surface area contributed by atoms with Crippen molar-refractivity contribution in [1.29, 1.82) is 0 Å². The van der Waals surface area contributed by atoms with Crippen LogP contribution in [0.2, 0.25) is 0 Å². The minimum atomic E-state index is -0.445. The van der Waals surface area contributed by atoms with Gasteiger partial charge in [0.15, 0.2) is 0 Å². The molecule has 1 saturated carbocycles. The first kappa shape index (κ1) is 13.3. The fraction of sp³-hybridized carbons (Fsp3) is 0.615. The molecule has 3 N–H and O–H groups in total. The summed E-state index contributed by atoms with van der Waals surface area (Å²) in [6.07, 6.45) is 3.57. The van der Waals surface area contributed by atoms with Crippen LogP contribution in [0.15, 0.2) is 12.3 Å². The predicted molar refractivity (Wildman–Crippen MR) is 73.5 cm³/mol. The molecule has 7 heteroatoms. The molecule has 1 aliphatic heterocycles. The standard InChI is InChI=1S/C13H18N4O3/c1-7-5-8(17(18)19)6-15-13(7)16-11-10(14)9-3-2-4-20-12(9)11/h5-6,9-12H,2-4,14H2,1H3,(H,15,16). The Balaban J connectivity index is 1.73. The molecule has 0 bridgehead atoms. The van der Waals surface area contributed by atoms with Crippen molar-refractivity contribution in [3.63, 3.8) is 0 Å². The first-order chi connectivity index (χ1) is 9.58. The van der Waals surface area contributed by atoms with Gasteiger partial charge in [-0.15, -0.1) is 0 Å². The van der Waals surface area contributed by atoms with E-state index < -0.39 is 4.92 Å². The fourth-order valence-corrected chi connectivity index (χ4v) is 3.09. The number of aromatic nitrogens is 1. The number of ether oxygens (including phenoxy) is 1. The summed E-state index contributed by atoms with van der Waals surface area (Å²) >= 11 is 0. The highest BCUT2D eigenvalue weighted by Gasteiger charge is 2.50. The van der Waals surface area contributed by atoms with Gasteiger partial charge in [0.25, 0.3) is 5.69 Å². The summed E-state index contributed by atoms with van der Waals surface area (Å²) in [6, 6.07) is 1.60. The molecule has 0 aromatic carbocycles. The fourth-order valence-electron chi connectivity index (χ4n) is 3.09. The van der Waals surface area contributed by atoms with Gasteiger partial charge in [0.05, 0.1) is 17.1 Å². The van der Waals surface area contributed by atoms with Crippen molar-refractivity contribution in [3.8, 4) is 0 Å². The quantitative estimate of drug-likeness (QED) is 0.636. The van der Waals surface area contributed by atoms with E-state index in [4.69, 9.17) is 10.5 Å². The molecule has 0 amide bonds. The largest absolute Gasteiger partial charge is 0.376 e. The van der Waals surface area contributed by atoms with E-state index in [9.17, 15) is 10.1 Å². The van der Waals surface area contributed by atoms with Gasteiger partial charge in [0.2, 0.25) is 0 Å². The maximum Gasteiger partial charge on any atom is 0.287 e. The number of hydrogen-bond acceptors (Lipinski definition) is 6. The van der Waals surface area contributed by atoms with Crippen LogP contribution in [0.25, 0.3) is 0 Å². The first-order valence-electron chi connectivity index (χ1n) is 6.82. The van der Waals surface area contributed by atoms with Crippen molar-refractivity contribution in [2.24, 2.45) is 11.7 Å². The summed E-state index contributed by atoms with van der Waals surface area (Å²) in [4.78, 5) is 14.4. The van der Waals surface area contributed by atoms with E-state index in [0.29, 0.717) is 11.7 Å². The molecule has 108 valence electrons. The lowest BCUT2D eigenvalue weighted by molar-refractivity contribution is -0.385. The highest BCUT2D eigenvalue weighted by atomic mass is 16.6. The molecule has 1 aromatic heterocycles. The molecular weight excluding hydrogens is 260 g/mol. The Bertz CT molecular complexity index is 536. The van der Waals surface area contributed by atoms with Gasteiger partial charge >= 0.3 is 0 Å². The molecule has 20 heavy (non-hydrogen) atoms. The van der Waals surface area contributed by atoms with Crippen LogP contribution in [-0.2, 0) is 4.74 Å². The lowest BCUT2D eigenvalue weighted by atomic mass is 9.68. The first-order valence-corrected chi connectivity index (χ1v) is 6.82. The molecule has 2 heterocycles. The maximum atomic E-state index is 10.7. The van der Waals surface area contributed by atoms with Crippen molar-refractivity contribution in [2.75, 3.05) is 11.9 Å². The second-order valence-electron chi connectivity index (χ2n) is 5.51. The molecule has 4 atom stereocenters. The maximum absolute atomic E-state index is 10.7. The number of nitrogens with two attached hydrogens (primary N) is 1. The van der Waals surface area contributed by atoms with Gasteiger partial charge in [-0.3, -0.25) is 10.1 Å². The zero-order valence-electron chi connectivity index (χ0n) is 11.3. The number of nitrogens with one attached hydrogen (secondary N) is 1. The topological polar surface area (TPSA) is 103 Å². The number of nitro groups is 1. The molecule has 7 nitrogen and oxygen atoms in total. The molecule has 2 aliphatic rings. The Hall–Kier alpha value is -1.73. The van der Waals surface area contributed by atoms with Crippen molar-refractivity contribution >= 4 is 11.5 Å². The third-order valence-corrected chi connectivity index (χ3v) is 4.26. The monoisotopic (exact) mass is 278 g/mol. The van der Waals surface area contributed by atoms with Gasteiger partial charge < -0.3 is 15.8 Å². The van der Waals surface area contributed by atoms with E-state index in [1.165, 1.54) is 12.3 Å². The van der Waals surface area contributed by atoms with Crippen molar-refractivity contribution in [1.82, 2.24) is 4.98 Å². The van der Waals surface area contributed by atoms with Gasteiger partial charge in [-0.05, 0) is 25.3 Å². The molecule has 2 fully saturated rings. The smallest absolute Gasteiger partial charge is 0.287 e. The van der Waals surface area contributed by atoms with E-state index in [1.807, 2.05) is 0 Å². The Kier molecular flexibility index (Phi) is 3.31. The highest BCUT2D eigenvalue weighted by molar-refractivity contribution is 5.50. The third kappa shape index (κ3) is 2.12. The Morgan fingerprint density at radius 1 is 1.60 bits per heavy atom. The number of rotatable bonds is 3. The van der Waals surface area contributed by atoms with Crippen LogP contribution in [0.5, 0.6) is 0 Å². The van der Waals surface area contributed by atoms with Crippen molar-refractivity contribution < 1.29 is 9.66 Å². The summed E-state index contributed by atoms with van der Waals surface area (Å²) in [5, 5.41) is 14.0. The molecule has 0 radical (unpaired) electrons. The summed E-state index contributed by atoms with van der Waals surface area (Å²) in [6.45, 7) is 2.57. The summed E-state index contributed by atoms with van der Waals surface area (Å²) in [5.74, 6) is 1.06. The lowest BCUT2D eigenvalue weighted by Gasteiger charge is -2.52. The number of anilines is 1. The van der Waals surface area contributed by atoms with Gasteiger partial charge in [-0.2, -0.15) is 0 Å². The van der Waals surface area contributed by atoms with Crippen molar-refractivity contribution in [3.05, 3.63) is 27.9 Å². The SMILES string of the molecule is Cc1cc([N+](=O)[O-])cnc1NC1C(N)C2CCCOC21. The number of hydrogen-bond donors (Lipinski definition) is 2. The average Bonchev–Trinajstić information content (AvgIpc) is 2.45. The zero-order valence-corrected chi connectivity index (χ0v) is 11.3. The minimum Gasteiger partial charge on any atom is -0.376 e. The Labute approximate surface area is 116 Å². The average molecular weight is 278 g/mol. The van der Waals surface area contributed by atoms with E-state index in [-0.39, 0.29) is 23.9 Å². The second kappa shape index (κ2) is 4.99. The lowest BCUT2D eigenvalue weighted by Crippen LogP contribution is -2.69. The number of fused-ring (bicyclic) bond motifs is 1. The molecule has 4 unspecified atom stereocenters. The molecule has 1 aliphatic carbocycles. The molecule has 0 spiro atoms. The van der Waals surface area contributed by atoms with Gasteiger partial charge in [0, 0.05) is 24.6 Å². The van der Waals surface area contributed by atoms with E-state index in [2.05, 4.69) is 10.3 Å². The number of pyridine rings is 1. The Morgan fingerprint density at radius 3 is 3.10 bits per heavy atom. The van der Waals surface area contributed by atoms with Crippen LogP contribution >= 0.6 is 0 Å². The van der Waals surface area contributed by atoms with Crippen molar-refractivity contribution in [2.45, 2.75) is 38.0 Å². The summed E-state index contributed by atoms with van der Waals surface area (Å²) in [5.41, 5.74) is 6.91. The minimum absolute atomic E-state index is 0.00208. The number of aryl methyl sites for hydroxylation is 1. The predicted octanol–water partition coefficient (Wildman–Crippen LogP) is 1.21. The summed E-state index contributed by atoms with van der Waals surface area (Å²) < 4.78 is 5.76. The van der Waals surface area contributed by atoms with Crippen LogP contribution in [0.3, 0.4) is 0 Å². The van der Waals surface area contributed by atoms with Crippen LogP contribution < -0.4 is 11.1 Å². The van der Waals surface area contributed by atoms with Crippen LogP contribution in [-0.4, -0.2) is 34.7 Å². The van der Waals surface area contributed by atoms with Crippen LogP contribution in [0.4, 0.5) is 11.5 Å². The van der Waals surface area contributed by atoms with E-state index in [0.717, 1.165) is 25.0 Å². The van der Waals surface area contributed by atoms with Gasteiger partial charge in [0.1, 0.15) is 12.0 Å².